The summed E-state index contributed by atoms with van der Waals surface area (Å²) in [6.07, 6.45) is -34.4. The molecule has 12 N–H and O–H groups in total. The van der Waals surface area contributed by atoms with Crippen LogP contribution in [0.3, 0.4) is 0 Å². The summed E-state index contributed by atoms with van der Waals surface area (Å²) in [5, 5.41) is 123. The van der Waals surface area contributed by atoms with Gasteiger partial charge in [0.15, 0.2) is 25.0 Å². The van der Waals surface area contributed by atoms with Crippen molar-refractivity contribution in [3.05, 3.63) is 0 Å². The molecule has 0 spiro atoms. The summed E-state index contributed by atoms with van der Waals surface area (Å²) in [7, 11) is 0. The van der Waals surface area contributed by atoms with Gasteiger partial charge in [0, 0.05) is 0 Å². The molecule has 0 bridgehead atoms. The molecular formula is C25H42O20. The Morgan fingerprint density at radius 2 is 0.978 bits per heavy atom. The second-order valence-electron chi connectivity index (χ2n) is 11.5. The maximum absolute atomic E-state index is 12.2. The predicted octanol–water partition coefficient (Wildman–Crippen LogP) is -7.56. The minimum atomic E-state index is -2.00. The van der Waals surface area contributed by atoms with Gasteiger partial charge in [-0.05, 0) is 13.8 Å². The molecule has 4 heterocycles. The molecule has 4 rings (SSSR count). The number of hydrogen-bond acceptors (Lipinski definition) is 19. The van der Waals surface area contributed by atoms with E-state index in [2.05, 4.69) is 0 Å². The van der Waals surface area contributed by atoms with Gasteiger partial charge in [0.2, 0.25) is 0 Å². The highest BCUT2D eigenvalue weighted by Gasteiger charge is 2.56. The molecule has 0 radical (unpaired) electrons. The van der Waals surface area contributed by atoms with Crippen LogP contribution in [0.1, 0.15) is 13.8 Å². The van der Waals surface area contributed by atoms with Gasteiger partial charge in [-0.3, -0.25) is 0 Å². The average molecular weight is 663 g/mol. The summed E-state index contributed by atoms with van der Waals surface area (Å²) < 4.78 is 38.7. The Labute approximate surface area is 255 Å². The first-order valence-electron chi connectivity index (χ1n) is 14.3. The standard InChI is InChI=1S/C25H42O20/c1-5-9(28)12(31)15(34)23(40-5)43-18-6(2)39-21(22(37)38)19(17(18)36)44-25-20(14(33)11(30)8(4-27)42-25)45-24-16(35)13(32)10(29)7(3-26)41-24/h5-21,23-36H,3-4H2,1-2H3,(H,37,38)/t5-,6?,7+,8+,9-,10+,11-,12+,13-,14-,15+,16+,17+,18-,19-,20+,21-,23?,24-,25-/m0/s1. The van der Waals surface area contributed by atoms with E-state index in [1.54, 1.807) is 0 Å². The Hall–Kier alpha value is -1.25. The molecule has 0 aromatic heterocycles. The third-order valence-electron chi connectivity index (χ3n) is 8.39. The van der Waals surface area contributed by atoms with Crippen molar-refractivity contribution in [2.45, 2.75) is 136 Å². The van der Waals surface area contributed by atoms with E-state index in [0.717, 1.165) is 0 Å². The van der Waals surface area contributed by atoms with Gasteiger partial charge in [0.25, 0.3) is 0 Å². The molecule has 0 aliphatic carbocycles. The number of hydrogen-bond donors (Lipinski definition) is 12. The van der Waals surface area contributed by atoms with Crippen LogP contribution in [0.4, 0.5) is 0 Å². The molecule has 2 unspecified atom stereocenters. The molecule has 0 saturated carbocycles. The number of ether oxygens (including phenoxy) is 7. The molecule has 45 heavy (non-hydrogen) atoms. The summed E-state index contributed by atoms with van der Waals surface area (Å²) in [6, 6.07) is 0. The molecule has 4 aliphatic rings. The summed E-state index contributed by atoms with van der Waals surface area (Å²) in [5.74, 6) is -1.63. The first-order chi connectivity index (χ1) is 21.1. The zero-order chi connectivity index (χ0) is 33.5. The van der Waals surface area contributed by atoms with Crippen molar-refractivity contribution in [3.63, 3.8) is 0 Å². The third-order valence-corrected chi connectivity index (χ3v) is 8.39. The van der Waals surface area contributed by atoms with Crippen molar-refractivity contribution in [1.29, 1.82) is 0 Å². The smallest absolute Gasteiger partial charge is 0.335 e. The van der Waals surface area contributed by atoms with E-state index in [1.165, 1.54) is 13.8 Å². The molecular weight excluding hydrogens is 620 g/mol. The normalized spacial score (nSPS) is 52.8. The van der Waals surface area contributed by atoms with Crippen molar-refractivity contribution in [1.82, 2.24) is 0 Å². The molecule has 4 fully saturated rings. The average Bonchev–Trinajstić information content (AvgIpc) is 3.00. The molecule has 20 heteroatoms. The van der Waals surface area contributed by atoms with Gasteiger partial charge in [0.1, 0.15) is 85.5 Å². The van der Waals surface area contributed by atoms with Gasteiger partial charge in [-0.15, -0.1) is 0 Å². The van der Waals surface area contributed by atoms with E-state index < -0.39 is 142 Å². The van der Waals surface area contributed by atoms with Crippen LogP contribution in [-0.4, -0.2) is 203 Å². The minimum absolute atomic E-state index is 0.830. The summed E-state index contributed by atoms with van der Waals surface area (Å²) in [4.78, 5) is 12.2. The van der Waals surface area contributed by atoms with Crippen LogP contribution in [0, 0.1) is 0 Å². The van der Waals surface area contributed by atoms with Gasteiger partial charge in [-0.1, -0.05) is 0 Å². The molecule has 4 aliphatic heterocycles. The van der Waals surface area contributed by atoms with Gasteiger partial charge in [0.05, 0.1) is 25.4 Å². The summed E-state index contributed by atoms with van der Waals surface area (Å²) >= 11 is 0. The van der Waals surface area contributed by atoms with Crippen molar-refractivity contribution >= 4 is 5.97 Å². The quantitative estimate of drug-likeness (QED) is 0.109. The molecule has 20 nitrogen and oxygen atoms in total. The highest BCUT2D eigenvalue weighted by molar-refractivity contribution is 5.73. The number of carboxylic acid groups (broad SMARTS) is 1. The molecule has 262 valence electrons. The van der Waals surface area contributed by atoms with Gasteiger partial charge in [-0.25, -0.2) is 4.79 Å². The molecule has 0 aromatic carbocycles. The molecule has 4 saturated heterocycles. The van der Waals surface area contributed by atoms with Gasteiger partial charge < -0.3 is 94.4 Å². The van der Waals surface area contributed by atoms with E-state index in [9.17, 15) is 66.1 Å². The number of carboxylic acids is 1. The second kappa shape index (κ2) is 14.9. The van der Waals surface area contributed by atoms with Gasteiger partial charge >= 0.3 is 5.97 Å². The molecule has 20 atom stereocenters. The zero-order valence-electron chi connectivity index (χ0n) is 24.1. The SMILES string of the molecule is CC1O[C@H](C(=O)O)[C@@H](O[C@@H]2O[C@H](CO)[C@H](O)[C@H](O)[C@H]2O[C@@H]2O[C@H](CO)[C@@H](O)[C@H](O)[C@H]2O)[C@H](O)[C@H]1OC1O[C@@H](C)[C@H](O)[C@@H](O)[C@H]1O. The lowest BCUT2D eigenvalue weighted by molar-refractivity contribution is -0.385. The highest BCUT2D eigenvalue weighted by atomic mass is 16.8. The first-order valence-corrected chi connectivity index (χ1v) is 14.3. The van der Waals surface area contributed by atoms with E-state index >= 15 is 0 Å². The fraction of sp³-hybridized carbons (Fsp3) is 0.960. The van der Waals surface area contributed by atoms with Crippen LogP contribution in [-0.2, 0) is 38.0 Å². The van der Waals surface area contributed by atoms with Crippen molar-refractivity contribution in [3.8, 4) is 0 Å². The lowest BCUT2D eigenvalue weighted by Gasteiger charge is -2.49. The van der Waals surface area contributed by atoms with E-state index in [0.29, 0.717) is 0 Å². The van der Waals surface area contributed by atoms with Gasteiger partial charge in [-0.2, -0.15) is 0 Å². The van der Waals surface area contributed by atoms with Crippen molar-refractivity contribution in [2.24, 2.45) is 0 Å². The fourth-order valence-electron chi connectivity index (χ4n) is 5.65. The Bertz CT molecular complexity index is 973. The first kappa shape index (κ1) is 36.6. The Morgan fingerprint density at radius 3 is 1.53 bits per heavy atom. The zero-order valence-corrected chi connectivity index (χ0v) is 24.1. The fourth-order valence-corrected chi connectivity index (χ4v) is 5.65. The van der Waals surface area contributed by atoms with Crippen LogP contribution < -0.4 is 0 Å². The second-order valence-corrected chi connectivity index (χ2v) is 11.5. The van der Waals surface area contributed by atoms with Crippen LogP contribution >= 0.6 is 0 Å². The number of aliphatic hydroxyl groups is 11. The highest BCUT2D eigenvalue weighted by Crippen LogP contribution is 2.35. The summed E-state index contributed by atoms with van der Waals surface area (Å²) in [6.45, 7) is 0.993. The minimum Gasteiger partial charge on any atom is -0.479 e. The Morgan fingerprint density at radius 1 is 0.511 bits per heavy atom. The predicted molar refractivity (Wildman–Crippen MR) is 136 cm³/mol. The van der Waals surface area contributed by atoms with E-state index in [4.69, 9.17) is 33.2 Å². The number of rotatable bonds is 9. The van der Waals surface area contributed by atoms with Crippen LogP contribution in [0.25, 0.3) is 0 Å². The lowest BCUT2D eigenvalue weighted by Crippen LogP contribution is -2.67. The molecule has 0 amide bonds. The monoisotopic (exact) mass is 662 g/mol. The Kier molecular flexibility index (Phi) is 12.1. The number of aliphatic hydroxyl groups excluding tert-OH is 11. The number of aliphatic carboxylic acids is 1. The Balaban J connectivity index is 1.59. The third kappa shape index (κ3) is 7.28. The van der Waals surface area contributed by atoms with Crippen LogP contribution in [0.2, 0.25) is 0 Å². The number of carbonyl (C=O) groups is 1. The van der Waals surface area contributed by atoms with E-state index in [1.807, 2.05) is 0 Å². The summed E-state index contributed by atoms with van der Waals surface area (Å²) in [5.41, 5.74) is 0. The largest absolute Gasteiger partial charge is 0.479 e. The van der Waals surface area contributed by atoms with Crippen molar-refractivity contribution < 1.29 is 99.2 Å². The van der Waals surface area contributed by atoms with E-state index in [-0.39, 0.29) is 0 Å². The lowest BCUT2D eigenvalue weighted by atomic mass is 9.93. The maximum atomic E-state index is 12.2. The topological polar surface area (TPSA) is 324 Å². The van der Waals surface area contributed by atoms with Crippen LogP contribution in [0.15, 0.2) is 0 Å². The van der Waals surface area contributed by atoms with Crippen LogP contribution in [0.5, 0.6) is 0 Å². The molecule has 0 aromatic rings. The van der Waals surface area contributed by atoms with Crippen molar-refractivity contribution in [2.75, 3.05) is 13.2 Å². The maximum Gasteiger partial charge on any atom is 0.335 e.